The minimum absolute atomic E-state index is 0.183. The van der Waals surface area contributed by atoms with Gasteiger partial charge in [0.2, 0.25) is 0 Å². The Morgan fingerprint density at radius 2 is 1.95 bits per heavy atom. The molecular formula is C18H27ClN2. The number of hydrogen-bond acceptors (Lipinski definition) is 2. The van der Waals surface area contributed by atoms with Gasteiger partial charge >= 0.3 is 0 Å². The number of nitrogens with one attached hydrogen (secondary N) is 1. The van der Waals surface area contributed by atoms with Gasteiger partial charge in [-0.1, -0.05) is 36.6 Å². The summed E-state index contributed by atoms with van der Waals surface area (Å²) >= 11 is 6.45. The Kier molecular flexibility index (Phi) is 4.06. The summed E-state index contributed by atoms with van der Waals surface area (Å²) < 4.78 is 0. The highest BCUT2D eigenvalue weighted by atomic mass is 35.5. The first-order chi connectivity index (χ1) is 9.90. The molecule has 1 aliphatic heterocycles. The summed E-state index contributed by atoms with van der Waals surface area (Å²) in [5.74, 6) is 0. The highest BCUT2D eigenvalue weighted by Gasteiger charge is 2.44. The van der Waals surface area contributed by atoms with Crippen molar-refractivity contribution in [2.24, 2.45) is 0 Å². The number of halogens is 1. The first-order valence-electron chi connectivity index (χ1n) is 8.15. The SMILES string of the molecule is Cc1ccc(CN2CC3(CCCC3)NCC2(C)C)c(Cl)c1. The van der Waals surface area contributed by atoms with E-state index < -0.39 is 0 Å². The zero-order chi connectivity index (χ0) is 15.1. The molecule has 1 saturated heterocycles. The standard InChI is InChI=1S/C18H27ClN2/c1-14-6-7-15(16(19)10-14)11-21-13-18(8-4-5-9-18)20-12-17(21,2)3/h6-7,10,20H,4-5,8-9,11-13H2,1-3H3. The van der Waals surface area contributed by atoms with Gasteiger partial charge in [0.15, 0.2) is 0 Å². The summed E-state index contributed by atoms with van der Waals surface area (Å²) in [4.78, 5) is 2.63. The van der Waals surface area contributed by atoms with E-state index in [1.165, 1.54) is 36.8 Å². The highest BCUT2D eigenvalue weighted by molar-refractivity contribution is 6.31. The normalized spacial score (nSPS) is 24.6. The van der Waals surface area contributed by atoms with Crippen LogP contribution in [-0.2, 0) is 6.54 Å². The van der Waals surface area contributed by atoms with Crippen molar-refractivity contribution < 1.29 is 0 Å². The fourth-order valence-electron chi connectivity index (χ4n) is 3.79. The molecule has 1 aliphatic carbocycles. The summed E-state index contributed by atoms with van der Waals surface area (Å²) in [7, 11) is 0. The largest absolute Gasteiger partial charge is 0.308 e. The van der Waals surface area contributed by atoms with Gasteiger partial charge in [0, 0.05) is 35.7 Å². The third-order valence-corrected chi connectivity index (χ3v) is 5.73. The molecule has 0 bridgehead atoms. The van der Waals surface area contributed by atoms with Crippen LogP contribution in [0.25, 0.3) is 0 Å². The van der Waals surface area contributed by atoms with Crippen LogP contribution in [0.3, 0.4) is 0 Å². The second-order valence-electron chi connectivity index (χ2n) is 7.60. The predicted octanol–water partition coefficient (Wildman–Crippen LogP) is 4.15. The second kappa shape index (κ2) is 5.57. The van der Waals surface area contributed by atoms with E-state index in [0.717, 1.165) is 24.7 Å². The molecular weight excluding hydrogens is 280 g/mol. The topological polar surface area (TPSA) is 15.3 Å². The molecule has 0 radical (unpaired) electrons. The average Bonchev–Trinajstić information content (AvgIpc) is 2.86. The van der Waals surface area contributed by atoms with Crippen molar-refractivity contribution in [3.8, 4) is 0 Å². The molecule has 1 N–H and O–H groups in total. The quantitative estimate of drug-likeness (QED) is 0.883. The molecule has 2 fully saturated rings. The molecule has 1 aromatic carbocycles. The minimum Gasteiger partial charge on any atom is -0.308 e. The van der Waals surface area contributed by atoms with Crippen molar-refractivity contribution in [1.29, 1.82) is 0 Å². The van der Waals surface area contributed by atoms with Crippen LogP contribution in [0.2, 0.25) is 5.02 Å². The zero-order valence-electron chi connectivity index (χ0n) is 13.5. The van der Waals surface area contributed by atoms with Crippen molar-refractivity contribution in [2.45, 2.75) is 64.1 Å². The molecule has 0 atom stereocenters. The maximum atomic E-state index is 6.45. The van der Waals surface area contributed by atoms with Gasteiger partial charge in [-0.3, -0.25) is 4.90 Å². The monoisotopic (exact) mass is 306 g/mol. The van der Waals surface area contributed by atoms with Gasteiger partial charge in [-0.15, -0.1) is 0 Å². The number of benzene rings is 1. The van der Waals surface area contributed by atoms with Gasteiger partial charge in [0.1, 0.15) is 0 Å². The average molecular weight is 307 g/mol. The van der Waals surface area contributed by atoms with Crippen LogP contribution < -0.4 is 5.32 Å². The second-order valence-corrected chi connectivity index (χ2v) is 8.01. The summed E-state index contributed by atoms with van der Waals surface area (Å²) in [5, 5.41) is 4.76. The van der Waals surface area contributed by atoms with Crippen LogP contribution in [0.4, 0.5) is 0 Å². The van der Waals surface area contributed by atoms with Gasteiger partial charge in [0.05, 0.1) is 0 Å². The van der Waals surface area contributed by atoms with Gasteiger partial charge in [-0.2, -0.15) is 0 Å². The number of rotatable bonds is 2. The summed E-state index contributed by atoms with van der Waals surface area (Å²) in [6.07, 6.45) is 5.38. The van der Waals surface area contributed by atoms with Crippen molar-refractivity contribution in [1.82, 2.24) is 10.2 Å². The Bertz CT molecular complexity index is 518. The molecule has 116 valence electrons. The third-order valence-electron chi connectivity index (χ3n) is 5.38. The number of hydrogen-bond donors (Lipinski definition) is 1. The van der Waals surface area contributed by atoms with Gasteiger partial charge in [-0.05, 0) is 50.8 Å². The van der Waals surface area contributed by atoms with Crippen molar-refractivity contribution in [3.05, 3.63) is 34.3 Å². The maximum absolute atomic E-state index is 6.45. The highest BCUT2D eigenvalue weighted by Crippen LogP contribution is 2.36. The molecule has 2 aliphatic rings. The van der Waals surface area contributed by atoms with Crippen molar-refractivity contribution in [3.63, 3.8) is 0 Å². The van der Waals surface area contributed by atoms with E-state index in [9.17, 15) is 0 Å². The van der Waals surface area contributed by atoms with E-state index in [4.69, 9.17) is 11.6 Å². The molecule has 1 spiro atoms. The predicted molar refractivity (Wildman–Crippen MR) is 89.9 cm³/mol. The summed E-state index contributed by atoms with van der Waals surface area (Å²) in [5.41, 5.74) is 3.02. The molecule has 0 aromatic heterocycles. The minimum atomic E-state index is 0.183. The van der Waals surface area contributed by atoms with Gasteiger partial charge in [-0.25, -0.2) is 0 Å². The number of aryl methyl sites for hydroxylation is 1. The molecule has 0 amide bonds. The van der Waals surface area contributed by atoms with Crippen molar-refractivity contribution in [2.75, 3.05) is 13.1 Å². The summed E-state index contributed by atoms with van der Waals surface area (Å²) in [6, 6.07) is 6.44. The molecule has 21 heavy (non-hydrogen) atoms. The molecule has 3 rings (SSSR count). The van der Waals surface area contributed by atoms with Crippen molar-refractivity contribution >= 4 is 11.6 Å². The number of piperazine rings is 1. The lowest BCUT2D eigenvalue weighted by Gasteiger charge is -2.51. The van der Waals surface area contributed by atoms with Crippen LogP contribution in [0.15, 0.2) is 18.2 Å². The Morgan fingerprint density at radius 3 is 2.62 bits per heavy atom. The molecule has 1 aromatic rings. The first kappa shape index (κ1) is 15.3. The van der Waals surface area contributed by atoms with Gasteiger partial charge < -0.3 is 5.32 Å². The number of nitrogens with zero attached hydrogens (tertiary/aromatic N) is 1. The molecule has 1 saturated carbocycles. The van der Waals surface area contributed by atoms with E-state index in [-0.39, 0.29) is 5.54 Å². The van der Waals surface area contributed by atoms with E-state index >= 15 is 0 Å². The molecule has 0 unspecified atom stereocenters. The Hall–Kier alpha value is -0.570. The fraction of sp³-hybridized carbons (Fsp3) is 0.667. The van der Waals surface area contributed by atoms with Crippen LogP contribution in [0.5, 0.6) is 0 Å². The summed E-state index contributed by atoms with van der Waals surface area (Å²) in [6.45, 7) is 9.93. The Labute approximate surface area is 133 Å². The molecule has 2 nitrogen and oxygen atoms in total. The van der Waals surface area contributed by atoms with Gasteiger partial charge in [0.25, 0.3) is 0 Å². The fourth-order valence-corrected chi connectivity index (χ4v) is 4.09. The zero-order valence-corrected chi connectivity index (χ0v) is 14.3. The smallest absolute Gasteiger partial charge is 0.0453 e. The molecule has 3 heteroatoms. The van der Waals surface area contributed by atoms with Crippen LogP contribution >= 0.6 is 11.6 Å². The lowest BCUT2D eigenvalue weighted by atomic mass is 9.87. The van der Waals surface area contributed by atoms with Crippen LogP contribution in [0, 0.1) is 6.92 Å². The van der Waals surface area contributed by atoms with E-state index in [2.05, 4.69) is 49.2 Å². The lowest BCUT2D eigenvalue weighted by molar-refractivity contribution is 0.0217. The molecule has 1 heterocycles. The maximum Gasteiger partial charge on any atom is 0.0453 e. The van der Waals surface area contributed by atoms with E-state index in [0.29, 0.717) is 5.54 Å². The van der Waals surface area contributed by atoms with E-state index in [1.807, 2.05) is 0 Å². The first-order valence-corrected chi connectivity index (χ1v) is 8.53. The Balaban J connectivity index is 1.80. The lowest BCUT2D eigenvalue weighted by Crippen LogP contribution is -2.66. The third kappa shape index (κ3) is 3.13. The van der Waals surface area contributed by atoms with Crippen LogP contribution in [0.1, 0.15) is 50.7 Å². The van der Waals surface area contributed by atoms with Crippen LogP contribution in [-0.4, -0.2) is 29.1 Å². The Morgan fingerprint density at radius 1 is 1.24 bits per heavy atom. The van der Waals surface area contributed by atoms with E-state index in [1.54, 1.807) is 0 Å².